The van der Waals surface area contributed by atoms with Crippen molar-refractivity contribution in [2.24, 2.45) is 0 Å². The molecule has 1 N–H and O–H groups in total. The van der Waals surface area contributed by atoms with E-state index in [-0.39, 0.29) is 0 Å². The third kappa shape index (κ3) is 7.06. The second-order valence-corrected chi connectivity index (χ2v) is 9.00. The number of ether oxygens (including phenoxy) is 3. The standard InChI is InChI=1S/C26H37N3O3S/c1-19-15-20(2)25(21(3)16-19)27-26(33)29(10-6-9-28-11-13-32-14-12-28)18-22-7-8-23(30-4)17-24(22)31-5/h7-8,15-17H,6,9-14,18H2,1-5H3,(H,27,33). The Kier molecular flexibility index (Phi) is 9.35. The van der Waals surface area contributed by atoms with Crippen molar-refractivity contribution in [2.45, 2.75) is 33.7 Å². The average Bonchev–Trinajstić information content (AvgIpc) is 2.81. The van der Waals surface area contributed by atoms with E-state index in [1.807, 2.05) is 12.1 Å². The van der Waals surface area contributed by atoms with E-state index in [9.17, 15) is 0 Å². The highest BCUT2D eigenvalue weighted by molar-refractivity contribution is 7.80. The fourth-order valence-electron chi connectivity index (χ4n) is 4.31. The van der Waals surface area contributed by atoms with Gasteiger partial charge in [0.1, 0.15) is 11.5 Å². The van der Waals surface area contributed by atoms with Crippen LogP contribution in [0.3, 0.4) is 0 Å². The maximum atomic E-state index is 5.92. The van der Waals surface area contributed by atoms with Gasteiger partial charge >= 0.3 is 0 Å². The van der Waals surface area contributed by atoms with Crippen LogP contribution in [0.1, 0.15) is 28.7 Å². The van der Waals surface area contributed by atoms with Crippen LogP contribution in [0.5, 0.6) is 11.5 Å². The summed E-state index contributed by atoms with van der Waals surface area (Å²) in [6.45, 7) is 12.5. The van der Waals surface area contributed by atoms with Crippen molar-refractivity contribution in [1.29, 1.82) is 0 Å². The summed E-state index contributed by atoms with van der Waals surface area (Å²) < 4.78 is 16.5. The molecule has 1 aliphatic heterocycles. The largest absolute Gasteiger partial charge is 0.497 e. The molecule has 0 aliphatic carbocycles. The van der Waals surface area contributed by atoms with Gasteiger partial charge in [-0.3, -0.25) is 4.90 Å². The molecule has 1 heterocycles. The van der Waals surface area contributed by atoms with Crippen LogP contribution in [-0.2, 0) is 11.3 Å². The number of hydrogen-bond donors (Lipinski definition) is 1. The van der Waals surface area contributed by atoms with E-state index in [1.54, 1.807) is 14.2 Å². The molecule has 1 saturated heterocycles. The lowest BCUT2D eigenvalue weighted by molar-refractivity contribution is 0.0367. The minimum atomic E-state index is 0.659. The highest BCUT2D eigenvalue weighted by Crippen LogP contribution is 2.27. The number of aryl methyl sites for hydroxylation is 3. The molecule has 7 heteroatoms. The summed E-state index contributed by atoms with van der Waals surface area (Å²) in [5, 5.41) is 4.26. The zero-order chi connectivity index (χ0) is 23.8. The van der Waals surface area contributed by atoms with E-state index in [0.717, 1.165) is 73.7 Å². The molecule has 0 saturated carbocycles. The molecule has 1 fully saturated rings. The van der Waals surface area contributed by atoms with Crippen LogP contribution in [0.2, 0.25) is 0 Å². The number of rotatable bonds is 9. The molecule has 0 unspecified atom stereocenters. The van der Waals surface area contributed by atoms with Crippen LogP contribution >= 0.6 is 12.2 Å². The highest BCUT2D eigenvalue weighted by Gasteiger charge is 2.17. The van der Waals surface area contributed by atoms with Gasteiger partial charge < -0.3 is 24.4 Å². The Morgan fingerprint density at radius 2 is 1.76 bits per heavy atom. The lowest BCUT2D eigenvalue weighted by Crippen LogP contribution is -2.40. The summed E-state index contributed by atoms with van der Waals surface area (Å²) in [5.74, 6) is 1.58. The predicted octanol–water partition coefficient (Wildman–Crippen LogP) is 4.55. The average molecular weight is 472 g/mol. The van der Waals surface area contributed by atoms with Gasteiger partial charge in [-0.1, -0.05) is 17.7 Å². The second-order valence-electron chi connectivity index (χ2n) is 8.61. The molecule has 6 nitrogen and oxygen atoms in total. The number of anilines is 1. The molecular formula is C26H37N3O3S. The third-order valence-corrected chi connectivity index (χ3v) is 6.42. The quantitative estimate of drug-likeness (QED) is 0.538. The summed E-state index contributed by atoms with van der Waals surface area (Å²) in [6, 6.07) is 10.3. The van der Waals surface area contributed by atoms with Crippen molar-refractivity contribution < 1.29 is 14.2 Å². The maximum Gasteiger partial charge on any atom is 0.173 e. The van der Waals surface area contributed by atoms with Gasteiger partial charge in [0.2, 0.25) is 0 Å². The number of methoxy groups -OCH3 is 2. The summed E-state index contributed by atoms with van der Waals surface area (Å²) in [5.41, 5.74) is 5.82. The van der Waals surface area contributed by atoms with E-state index in [0.29, 0.717) is 6.54 Å². The first-order valence-corrected chi connectivity index (χ1v) is 12.0. The Hall–Kier alpha value is -2.35. The van der Waals surface area contributed by atoms with Gasteiger partial charge in [0.05, 0.1) is 27.4 Å². The molecule has 2 aromatic carbocycles. The number of nitrogens with zero attached hydrogens (tertiary/aromatic N) is 2. The van der Waals surface area contributed by atoms with Crippen molar-refractivity contribution in [2.75, 3.05) is 58.9 Å². The number of benzene rings is 2. The molecule has 0 aromatic heterocycles. The van der Waals surface area contributed by atoms with E-state index >= 15 is 0 Å². The van der Waals surface area contributed by atoms with Crippen LogP contribution in [-0.4, -0.2) is 68.5 Å². The van der Waals surface area contributed by atoms with E-state index in [2.05, 4.69) is 54.1 Å². The smallest absolute Gasteiger partial charge is 0.173 e. The van der Waals surface area contributed by atoms with Crippen molar-refractivity contribution in [3.05, 3.63) is 52.6 Å². The Morgan fingerprint density at radius 1 is 1.06 bits per heavy atom. The second kappa shape index (κ2) is 12.2. The number of morpholine rings is 1. The SMILES string of the molecule is COc1ccc(CN(CCCN2CCOCC2)C(=S)Nc2c(C)cc(C)cc2C)c(OC)c1. The minimum absolute atomic E-state index is 0.659. The van der Waals surface area contributed by atoms with Crippen molar-refractivity contribution in [1.82, 2.24) is 9.80 Å². The molecule has 180 valence electrons. The number of hydrogen-bond acceptors (Lipinski definition) is 5. The van der Waals surface area contributed by atoms with Gasteiger partial charge in [0, 0.05) is 50.0 Å². The molecule has 0 amide bonds. The zero-order valence-corrected chi connectivity index (χ0v) is 21.4. The Morgan fingerprint density at radius 3 is 2.39 bits per heavy atom. The van der Waals surface area contributed by atoms with Gasteiger partial charge in [-0.15, -0.1) is 0 Å². The van der Waals surface area contributed by atoms with Crippen LogP contribution in [0.15, 0.2) is 30.3 Å². The van der Waals surface area contributed by atoms with Gasteiger partial charge in [-0.05, 0) is 62.7 Å². The molecule has 0 atom stereocenters. The van der Waals surface area contributed by atoms with Crippen molar-refractivity contribution in [3.63, 3.8) is 0 Å². The van der Waals surface area contributed by atoms with Crippen molar-refractivity contribution in [3.8, 4) is 11.5 Å². The van der Waals surface area contributed by atoms with Crippen LogP contribution in [0.4, 0.5) is 5.69 Å². The first kappa shape index (κ1) is 25.3. The number of thiocarbonyl (C=S) groups is 1. The van der Waals surface area contributed by atoms with Crippen LogP contribution in [0.25, 0.3) is 0 Å². The molecule has 2 aromatic rings. The summed E-state index contributed by atoms with van der Waals surface area (Å²) in [7, 11) is 3.36. The topological polar surface area (TPSA) is 46.2 Å². The van der Waals surface area contributed by atoms with Gasteiger partial charge in [-0.25, -0.2) is 0 Å². The molecule has 33 heavy (non-hydrogen) atoms. The third-order valence-electron chi connectivity index (χ3n) is 6.06. The zero-order valence-electron chi connectivity index (χ0n) is 20.6. The normalized spacial score (nSPS) is 14.1. The first-order valence-electron chi connectivity index (χ1n) is 11.6. The fourth-order valence-corrected chi connectivity index (χ4v) is 4.57. The Bertz CT molecular complexity index is 921. The lowest BCUT2D eigenvalue weighted by atomic mass is 10.1. The van der Waals surface area contributed by atoms with Gasteiger partial charge in [0.25, 0.3) is 0 Å². The van der Waals surface area contributed by atoms with E-state index < -0.39 is 0 Å². The first-order chi connectivity index (χ1) is 15.9. The van der Waals surface area contributed by atoms with Crippen LogP contribution < -0.4 is 14.8 Å². The van der Waals surface area contributed by atoms with Crippen LogP contribution in [0, 0.1) is 20.8 Å². The molecular weight excluding hydrogens is 434 g/mol. The summed E-state index contributed by atoms with van der Waals surface area (Å²) in [6.07, 6.45) is 1.02. The molecule has 0 bridgehead atoms. The maximum absolute atomic E-state index is 5.92. The highest BCUT2D eigenvalue weighted by atomic mass is 32.1. The molecule has 0 radical (unpaired) electrons. The monoisotopic (exact) mass is 471 g/mol. The van der Waals surface area contributed by atoms with Gasteiger partial charge in [-0.2, -0.15) is 0 Å². The minimum Gasteiger partial charge on any atom is -0.497 e. The van der Waals surface area contributed by atoms with E-state index in [4.69, 9.17) is 26.4 Å². The fraction of sp³-hybridized carbons (Fsp3) is 0.500. The predicted molar refractivity (Wildman–Crippen MR) is 139 cm³/mol. The summed E-state index contributed by atoms with van der Waals surface area (Å²) >= 11 is 5.92. The Balaban J connectivity index is 1.76. The lowest BCUT2D eigenvalue weighted by Gasteiger charge is -2.30. The molecule has 1 aliphatic rings. The molecule has 0 spiro atoms. The van der Waals surface area contributed by atoms with E-state index in [1.165, 1.54) is 16.7 Å². The van der Waals surface area contributed by atoms with Gasteiger partial charge in [0.15, 0.2) is 5.11 Å². The van der Waals surface area contributed by atoms with Crippen molar-refractivity contribution >= 4 is 23.0 Å². The summed E-state index contributed by atoms with van der Waals surface area (Å²) in [4.78, 5) is 4.69. The Labute approximate surface area is 203 Å². The molecule has 3 rings (SSSR count). The number of nitrogens with one attached hydrogen (secondary N) is 1.